The first-order chi connectivity index (χ1) is 12.0. The number of nitrogens with one attached hydrogen (secondary N) is 2. The van der Waals surface area contributed by atoms with Crippen LogP contribution in [-0.2, 0) is 0 Å². The van der Waals surface area contributed by atoms with Gasteiger partial charge in [-0.05, 0) is 49.7 Å². The molecule has 0 fully saturated rings. The van der Waals surface area contributed by atoms with E-state index in [1.165, 1.54) is 0 Å². The molecule has 0 unspecified atom stereocenters. The Kier molecular flexibility index (Phi) is 4.95. The Balaban J connectivity index is 1.82. The number of carbonyl (C=O) groups excluding carboxylic acids is 1. The molecule has 0 atom stereocenters. The molecular formula is C19H17ClN4O. The van der Waals surface area contributed by atoms with Crippen molar-refractivity contribution in [2.24, 2.45) is 0 Å². The van der Waals surface area contributed by atoms with Crippen LogP contribution in [-0.4, -0.2) is 15.9 Å². The fraction of sp³-hybridized carbons (Fsp3) is 0.105. The van der Waals surface area contributed by atoms with E-state index in [2.05, 4.69) is 20.6 Å². The number of anilines is 3. The number of amides is 1. The quantitative estimate of drug-likeness (QED) is 0.711. The Bertz CT molecular complexity index is 927. The molecule has 5 nitrogen and oxygen atoms in total. The number of aryl methyl sites for hydroxylation is 2. The summed E-state index contributed by atoms with van der Waals surface area (Å²) in [5.41, 5.74) is 2.93. The second-order valence-electron chi connectivity index (χ2n) is 5.64. The minimum atomic E-state index is -0.319. The van der Waals surface area contributed by atoms with Crippen molar-refractivity contribution in [3.8, 4) is 0 Å². The summed E-state index contributed by atoms with van der Waals surface area (Å²) in [5, 5.41) is 6.54. The summed E-state index contributed by atoms with van der Waals surface area (Å²) < 4.78 is 0. The maximum Gasteiger partial charge on any atom is 0.274 e. The SMILES string of the molecule is Cc1cccc(Nc2cc(C(=O)Nc3cccc(Cl)c3)nc(C)n2)c1. The molecule has 1 amide bonds. The molecule has 0 spiro atoms. The topological polar surface area (TPSA) is 66.9 Å². The lowest BCUT2D eigenvalue weighted by Gasteiger charge is -2.10. The van der Waals surface area contributed by atoms with Gasteiger partial charge in [0, 0.05) is 22.5 Å². The summed E-state index contributed by atoms with van der Waals surface area (Å²) in [6, 6.07) is 16.5. The van der Waals surface area contributed by atoms with Crippen LogP contribution >= 0.6 is 11.6 Å². The molecule has 6 heteroatoms. The van der Waals surface area contributed by atoms with Gasteiger partial charge < -0.3 is 10.6 Å². The maximum absolute atomic E-state index is 12.5. The van der Waals surface area contributed by atoms with Gasteiger partial charge in [-0.15, -0.1) is 0 Å². The highest BCUT2D eigenvalue weighted by Gasteiger charge is 2.11. The van der Waals surface area contributed by atoms with E-state index in [1.54, 1.807) is 37.3 Å². The normalized spacial score (nSPS) is 10.4. The minimum Gasteiger partial charge on any atom is -0.340 e. The summed E-state index contributed by atoms with van der Waals surface area (Å²) in [7, 11) is 0. The molecule has 0 aliphatic rings. The Morgan fingerprint density at radius 3 is 2.48 bits per heavy atom. The Hall–Kier alpha value is -2.92. The summed E-state index contributed by atoms with van der Waals surface area (Å²) in [6.45, 7) is 3.76. The molecule has 0 aliphatic carbocycles. The molecule has 126 valence electrons. The molecule has 1 heterocycles. The molecule has 0 radical (unpaired) electrons. The zero-order valence-electron chi connectivity index (χ0n) is 13.9. The van der Waals surface area contributed by atoms with Crippen LogP contribution < -0.4 is 10.6 Å². The van der Waals surface area contributed by atoms with E-state index in [4.69, 9.17) is 11.6 Å². The number of hydrogen-bond acceptors (Lipinski definition) is 4. The second-order valence-corrected chi connectivity index (χ2v) is 6.08. The van der Waals surface area contributed by atoms with E-state index in [1.807, 2.05) is 31.2 Å². The second kappa shape index (κ2) is 7.32. The third-order valence-electron chi connectivity index (χ3n) is 3.44. The third kappa shape index (κ3) is 4.55. The van der Waals surface area contributed by atoms with Gasteiger partial charge >= 0.3 is 0 Å². The number of nitrogens with zero attached hydrogens (tertiary/aromatic N) is 2. The highest BCUT2D eigenvalue weighted by atomic mass is 35.5. The molecular weight excluding hydrogens is 336 g/mol. The molecule has 2 N–H and O–H groups in total. The van der Waals surface area contributed by atoms with E-state index < -0.39 is 0 Å². The predicted molar refractivity (Wildman–Crippen MR) is 101 cm³/mol. The molecule has 0 saturated heterocycles. The van der Waals surface area contributed by atoms with E-state index in [-0.39, 0.29) is 11.6 Å². The largest absolute Gasteiger partial charge is 0.340 e. The first kappa shape index (κ1) is 16.9. The minimum absolute atomic E-state index is 0.280. The predicted octanol–water partition coefficient (Wildman–Crippen LogP) is 4.74. The van der Waals surface area contributed by atoms with Gasteiger partial charge in [-0.1, -0.05) is 29.8 Å². The number of benzene rings is 2. The first-order valence-corrected chi connectivity index (χ1v) is 8.14. The van der Waals surface area contributed by atoms with Gasteiger partial charge in [-0.25, -0.2) is 9.97 Å². The Morgan fingerprint density at radius 1 is 0.960 bits per heavy atom. The van der Waals surface area contributed by atoms with Gasteiger partial charge in [0.2, 0.25) is 0 Å². The van der Waals surface area contributed by atoms with Crippen molar-refractivity contribution < 1.29 is 4.79 Å². The van der Waals surface area contributed by atoms with Crippen molar-refractivity contribution in [1.82, 2.24) is 9.97 Å². The van der Waals surface area contributed by atoms with Gasteiger partial charge in [-0.2, -0.15) is 0 Å². The lowest BCUT2D eigenvalue weighted by Crippen LogP contribution is -2.15. The molecule has 0 aliphatic heterocycles. The number of halogens is 1. The van der Waals surface area contributed by atoms with E-state index in [0.29, 0.717) is 22.4 Å². The molecule has 1 aromatic heterocycles. The molecule has 0 bridgehead atoms. The van der Waals surface area contributed by atoms with Crippen LogP contribution in [0.5, 0.6) is 0 Å². The van der Waals surface area contributed by atoms with Crippen molar-refractivity contribution in [3.63, 3.8) is 0 Å². The van der Waals surface area contributed by atoms with Gasteiger partial charge in [0.1, 0.15) is 17.3 Å². The monoisotopic (exact) mass is 352 g/mol. The van der Waals surface area contributed by atoms with E-state index in [0.717, 1.165) is 11.3 Å². The summed E-state index contributed by atoms with van der Waals surface area (Å²) in [4.78, 5) is 21.0. The molecule has 3 aromatic rings. The molecule has 25 heavy (non-hydrogen) atoms. The van der Waals surface area contributed by atoms with E-state index >= 15 is 0 Å². The highest BCUT2D eigenvalue weighted by molar-refractivity contribution is 6.30. The van der Waals surface area contributed by atoms with Crippen molar-refractivity contribution in [3.05, 3.63) is 76.7 Å². The number of hydrogen-bond donors (Lipinski definition) is 2. The van der Waals surface area contributed by atoms with Gasteiger partial charge in [0.05, 0.1) is 0 Å². The standard InChI is InChI=1S/C19H17ClN4O/c1-12-5-3-7-15(9-12)23-18-11-17(21-13(2)22-18)19(25)24-16-8-4-6-14(20)10-16/h3-11H,1-2H3,(H,24,25)(H,21,22,23). The zero-order chi connectivity index (χ0) is 17.8. The molecule has 2 aromatic carbocycles. The van der Waals surface area contributed by atoms with Crippen LogP contribution in [0.1, 0.15) is 21.9 Å². The van der Waals surface area contributed by atoms with Gasteiger partial charge in [-0.3, -0.25) is 4.79 Å². The van der Waals surface area contributed by atoms with Gasteiger partial charge in [0.15, 0.2) is 0 Å². The van der Waals surface area contributed by atoms with Crippen molar-refractivity contribution in [2.75, 3.05) is 10.6 Å². The van der Waals surface area contributed by atoms with Crippen LogP contribution in [0.3, 0.4) is 0 Å². The van der Waals surface area contributed by atoms with Crippen molar-refractivity contribution >= 4 is 34.7 Å². The fourth-order valence-corrected chi connectivity index (χ4v) is 2.57. The average Bonchev–Trinajstić information content (AvgIpc) is 2.54. The highest BCUT2D eigenvalue weighted by Crippen LogP contribution is 2.18. The van der Waals surface area contributed by atoms with Crippen LogP contribution in [0, 0.1) is 13.8 Å². The van der Waals surface area contributed by atoms with Crippen LogP contribution in [0.4, 0.5) is 17.2 Å². The fourth-order valence-electron chi connectivity index (χ4n) is 2.38. The Labute approximate surface area is 151 Å². The van der Waals surface area contributed by atoms with Crippen LogP contribution in [0.2, 0.25) is 5.02 Å². The third-order valence-corrected chi connectivity index (χ3v) is 3.68. The summed E-state index contributed by atoms with van der Waals surface area (Å²) >= 11 is 5.94. The smallest absolute Gasteiger partial charge is 0.274 e. The summed E-state index contributed by atoms with van der Waals surface area (Å²) in [5.74, 6) is 0.753. The van der Waals surface area contributed by atoms with Gasteiger partial charge in [0.25, 0.3) is 5.91 Å². The van der Waals surface area contributed by atoms with Crippen LogP contribution in [0.15, 0.2) is 54.6 Å². The van der Waals surface area contributed by atoms with E-state index in [9.17, 15) is 4.79 Å². The molecule has 3 rings (SSSR count). The lowest BCUT2D eigenvalue weighted by molar-refractivity contribution is 0.102. The van der Waals surface area contributed by atoms with Crippen molar-refractivity contribution in [1.29, 1.82) is 0 Å². The Morgan fingerprint density at radius 2 is 1.72 bits per heavy atom. The number of rotatable bonds is 4. The zero-order valence-corrected chi connectivity index (χ0v) is 14.6. The van der Waals surface area contributed by atoms with Crippen molar-refractivity contribution in [2.45, 2.75) is 13.8 Å². The van der Waals surface area contributed by atoms with Crippen LogP contribution in [0.25, 0.3) is 0 Å². The number of carbonyl (C=O) groups is 1. The lowest BCUT2D eigenvalue weighted by atomic mass is 10.2. The average molecular weight is 353 g/mol. The maximum atomic E-state index is 12.5. The number of aromatic nitrogens is 2. The molecule has 0 saturated carbocycles. The first-order valence-electron chi connectivity index (χ1n) is 7.76. The summed E-state index contributed by atoms with van der Waals surface area (Å²) in [6.07, 6.45) is 0.